The van der Waals surface area contributed by atoms with Crippen molar-refractivity contribution in [3.05, 3.63) is 63.5 Å². The molecule has 2 aromatic rings. The molecule has 0 bridgehead atoms. The van der Waals surface area contributed by atoms with E-state index in [9.17, 15) is 19.3 Å². The monoisotopic (exact) mass is 289 g/mol. The van der Waals surface area contributed by atoms with Crippen molar-refractivity contribution in [1.82, 2.24) is 0 Å². The molecule has 0 aliphatic carbocycles. The van der Waals surface area contributed by atoms with E-state index in [1.165, 1.54) is 31.2 Å². The number of halogens is 1. The van der Waals surface area contributed by atoms with Gasteiger partial charge in [0.1, 0.15) is 11.6 Å². The van der Waals surface area contributed by atoms with E-state index in [1.807, 2.05) is 0 Å². The minimum atomic E-state index is -0.727. The Labute approximate surface area is 120 Å². The van der Waals surface area contributed by atoms with Crippen LogP contribution in [0.4, 0.5) is 10.1 Å². The maximum absolute atomic E-state index is 13.7. The standard InChI is InChI=1S/C15H12FNO4/c1-9-3-6-15(14(7-9)17(19)20)21-11-4-5-12(10(2)18)13(16)8-11/h3-8H,1-2H3. The maximum Gasteiger partial charge on any atom is 0.311 e. The van der Waals surface area contributed by atoms with Gasteiger partial charge in [-0.2, -0.15) is 0 Å². The SMILES string of the molecule is CC(=O)c1ccc(Oc2ccc(C)cc2[N+](=O)[O-])cc1F. The first-order chi connectivity index (χ1) is 9.88. The number of hydrogen-bond donors (Lipinski definition) is 0. The number of carbonyl (C=O) groups is 1. The van der Waals surface area contributed by atoms with Crippen molar-refractivity contribution in [1.29, 1.82) is 0 Å². The van der Waals surface area contributed by atoms with Gasteiger partial charge in [0.15, 0.2) is 5.78 Å². The summed E-state index contributed by atoms with van der Waals surface area (Å²) in [7, 11) is 0. The molecule has 21 heavy (non-hydrogen) atoms. The second kappa shape index (κ2) is 5.70. The van der Waals surface area contributed by atoms with Gasteiger partial charge in [0.2, 0.25) is 5.75 Å². The largest absolute Gasteiger partial charge is 0.450 e. The summed E-state index contributed by atoms with van der Waals surface area (Å²) in [5.74, 6) is -1.03. The van der Waals surface area contributed by atoms with Crippen LogP contribution in [-0.4, -0.2) is 10.7 Å². The highest BCUT2D eigenvalue weighted by molar-refractivity contribution is 5.94. The van der Waals surface area contributed by atoms with E-state index < -0.39 is 16.5 Å². The van der Waals surface area contributed by atoms with E-state index in [2.05, 4.69) is 0 Å². The summed E-state index contributed by atoms with van der Waals surface area (Å²) in [6, 6.07) is 8.18. The molecular weight excluding hydrogens is 277 g/mol. The molecule has 0 spiro atoms. The first kappa shape index (κ1) is 14.6. The van der Waals surface area contributed by atoms with Crippen LogP contribution in [0.3, 0.4) is 0 Å². The molecule has 0 heterocycles. The van der Waals surface area contributed by atoms with Crippen LogP contribution >= 0.6 is 0 Å². The molecule has 108 valence electrons. The summed E-state index contributed by atoms with van der Waals surface area (Å²) in [6.07, 6.45) is 0. The van der Waals surface area contributed by atoms with E-state index in [4.69, 9.17) is 4.74 Å². The second-order valence-electron chi connectivity index (χ2n) is 4.53. The Kier molecular flexibility index (Phi) is 3.98. The third kappa shape index (κ3) is 3.22. The Hall–Kier alpha value is -2.76. The minimum absolute atomic E-state index is 0.0144. The lowest BCUT2D eigenvalue weighted by molar-refractivity contribution is -0.385. The minimum Gasteiger partial charge on any atom is -0.450 e. The van der Waals surface area contributed by atoms with Crippen molar-refractivity contribution in [2.24, 2.45) is 0 Å². The lowest BCUT2D eigenvalue weighted by Crippen LogP contribution is -1.98. The van der Waals surface area contributed by atoms with Gasteiger partial charge in [-0.15, -0.1) is 0 Å². The molecule has 0 unspecified atom stereocenters. The first-order valence-corrected chi connectivity index (χ1v) is 6.12. The van der Waals surface area contributed by atoms with Gasteiger partial charge >= 0.3 is 5.69 Å². The topological polar surface area (TPSA) is 69.4 Å². The van der Waals surface area contributed by atoms with Crippen LogP contribution in [0.5, 0.6) is 11.5 Å². The van der Waals surface area contributed by atoms with Gasteiger partial charge < -0.3 is 4.74 Å². The molecule has 0 radical (unpaired) electrons. The van der Waals surface area contributed by atoms with Gasteiger partial charge in [-0.1, -0.05) is 6.07 Å². The number of ether oxygens (including phenoxy) is 1. The number of nitro groups is 1. The molecule has 5 nitrogen and oxygen atoms in total. The summed E-state index contributed by atoms with van der Waals surface area (Å²) in [6.45, 7) is 2.97. The first-order valence-electron chi connectivity index (χ1n) is 6.12. The molecule has 0 fully saturated rings. The average molecular weight is 289 g/mol. The van der Waals surface area contributed by atoms with Crippen molar-refractivity contribution in [2.75, 3.05) is 0 Å². The molecule has 2 rings (SSSR count). The third-order valence-electron chi connectivity index (χ3n) is 2.86. The Morgan fingerprint density at radius 1 is 1.24 bits per heavy atom. The highest BCUT2D eigenvalue weighted by atomic mass is 19.1. The summed E-state index contributed by atoms with van der Waals surface area (Å²) in [4.78, 5) is 21.6. The predicted octanol–water partition coefficient (Wildman–Crippen LogP) is 4.04. The van der Waals surface area contributed by atoms with Crippen LogP contribution in [0, 0.1) is 22.9 Å². The number of rotatable bonds is 4. The maximum atomic E-state index is 13.7. The fourth-order valence-electron chi connectivity index (χ4n) is 1.83. The number of nitro benzene ring substituents is 1. The summed E-state index contributed by atoms with van der Waals surface area (Å²) in [5, 5.41) is 11.0. The lowest BCUT2D eigenvalue weighted by Gasteiger charge is -2.08. The summed E-state index contributed by atoms with van der Waals surface area (Å²) < 4.78 is 19.0. The Bertz CT molecular complexity index is 728. The zero-order valence-electron chi connectivity index (χ0n) is 11.4. The third-order valence-corrected chi connectivity index (χ3v) is 2.86. The van der Waals surface area contributed by atoms with Crippen molar-refractivity contribution >= 4 is 11.5 Å². The Balaban J connectivity index is 2.37. The molecular formula is C15H12FNO4. The van der Waals surface area contributed by atoms with Crippen molar-refractivity contribution < 1.29 is 18.8 Å². The molecule has 0 saturated heterocycles. The van der Waals surface area contributed by atoms with Crippen LogP contribution in [-0.2, 0) is 0 Å². The highest BCUT2D eigenvalue weighted by Gasteiger charge is 2.17. The molecule has 0 amide bonds. The number of carbonyl (C=O) groups excluding carboxylic acids is 1. The van der Waals surface area contributed by atoms with Crippen LogP contribution in [0.2, 0.25) is 0 Å². The van der Waals surface area contributed by atoms with Gasteiger partial charge in [-0.3, -0.25) is 14.9 Å². The Morgan fingerprint density at radius 2 is 1.95 bits per heavy atom. The number of hydrogen-bond acceptors (Lipinski definition) is 4. The molecule has 2 aromatic carbocycles. The van der Waals surface area contributed by atoms with Crippen molar-refractivity contribution in [3.63, 3.8) is 0 Å². The number of Topliss-reactive ketones (excluding diaryl/α,β-unsaturated/α-hetero) is 1. The predicted molar refractivity (Wildman–Crippen MR) is 74.3 cm³/mol. The molecule has 0 atom stereocenters. The highest BCUT2D eigenvalue weighted by Crippen LogP contribution is 2.32. The van der Waals surface area contributed by atoms with E-state index in [-0.39, 0.29) is 22.7 Å². The average Bonchev–Trinajstić information content (AvgIpc) is 2.40. The van der Waals surface area contributed by atoms with Crippen LogP contribution < -0.4 is 4.74 Å². The van der Waals surface area contributed by atoms with Crippen molar-refractivity contribution in [2.45, 2.75) is 13.8 Å². The summed E-state index contributed by atoms with van der Waals surface area (Å²) in [5.41, 5.74) is 0.457. The second-order valence-corrected chi connectivity index (χ2v) is 4.53. The lowest BCUT2D eigenvalue weighted by atomic mass is 10.1. The van der Waals surface area contributed by atoms with Crippen LogP contribution in [0.15, 0.2) is 36.4 Å². The van der Waals surface area contributed by atoms with Gasteiger partial charge in [0.05, 0.1) is 10.5 Å². The molecule has 0 N–H and O–H groups in total. The zero-order valence-corrected chi connectivity index (χ0v) is 11.4. The molecule has 6 heteroatoms. The van der Waals surface area contributed by atoms with E-state index in [1.54, 1.807) is 13.0 Å². The molecule has 0 saturated carbocycles. The number of nitrogens with zero attached hydrogens (tertiary/aromatic N) is 1. The van der Waals surface area contributed by atoms with Crippen LogP contribution in [0.1, 0.15) is 22.8 Å². The molecule has 0 aliphatic heterocycles. The number of benzene rings is 2. The normalized spacial score (nSPS) is 10.2. The fourth-order valence-corrected chi connectivity index (χ4v) is 1.83. The van der Waals surface area contributed by atoms with Gasteiger partial charge in [0.25, 0.3) is 0 Å². The number of aryl methyl sites for hydroxylation is 1. The number of ketones is 1. The quantitative estimate of drug-likeness (QED) is 0.484. The molecule has 0 aliphatic rings. The van der Waals surface area contributed by atoms with Gasteiger partial charge in [-0.05, 0) is 37.6 Å². The van der Waals surface area contributed by atoms with E-state index in [0.717, 1.165) is 6.07 Å². The van der Waals surface area contributed by atoms with Gasteiger partial charge in [0, 0.05) is 12.1 Å². The summed E-state index contributed by atoms with van der Waals surface area (Å²) >= 11 is 0. The van der Waals surface area contributed by atoms with E-state index >= 15 is 0 Å². The smallest absolute Gasteiger partial charge is 0.311 e. The van der Waals surface area contributed by atoms with Gasteiger partial charge in [-0.25, -0.2) is 4.39 Å². The fraction of sp³-hybridized carbons (Fsp3) is 0.133. The Morgan fingerprint density at radius 3 is 2.52 bits per heavy atom. The molecule has 0 aromatic heterocycles. The van der Waals surface area contributed by atoms with Crippen LogP contribution in [0.25, 0.3) is 0 Å². The van der Waals surface area contributed by atoms with E-state index in [0.29, 0.717) is 5.56 Å². The zero-order chi connectivity index (χ0) is 15.6. The van der Waals surface area contributed by atoms with Crippen molar-refractivity contribution in [3.8, 4) is 11.5 Å².